The Labute approximate surface area is 75.5 Å². The maximum Gasteiger partial charge on any atom is 0.167 e. The van der Waals surface area contributed by atoms with Crippen LogP contribution in [0.3, 0.4) is 0 Å². The Morgan fingerprint density at radius 2 is 1.58 bits per heavy atom. The summed E-state index contributed by atoms with van der Waals surface area (Å²) in [6.07, 6.45) is 6.78. The summed E-state index contributed by atoms with van der Waals surface area (Å²) < 4.78 is 11.2. The highest BCUT2D eigenvalue weighted by Gasteiger charge is 2.36. The normalized spacial score (nSPS) is 30.8. The van der Waals surface area contributed by atoms with Gasteiger partial charge in [-0.15, -0.1) is 0 Å². The second-order valence-electron chi connectivity index (χ2n) is 4.05. The molecule has 2 rings (SSSR count). The first-order chi connectivity index (χ1) is 5.81. The first-order valence-corrected chi connectivity index (χ1v) is 6.43. The molecule has 70 valence electrons. The molecule has 1 saturated heterocycles. The van der Waals surface area contributed by atoms with Crippen LogP contribution in [-0.4, -0.2) is 19.9 Å². The van der Waals surface area contributed by atoms with Gasteiger partial charge in [-0.2, -0.15) is 0 Å². The van der Waals surface area contributed by atoms with E-state index in [2.05, 4.69) is 0 Å². The standard InChI is InChI=1S/C9H17O2P/c1-12-10-7-9(8-11-12)5-3-2-4-6-9/h2-8H2,1H3. The molecule has 0 amide bonds. The lowest BCUT2D eigenvalue weighted by atomic mass is 9.75. The van der Waals surface area contributed by atoms with Gasteiger partial charge in [-0.1, -0.05) is 19.3 Å². The Kier molecular flexibility index (Phi) is 2.69. The van der Waals surface area contributed by atoms with Crippen LogP contribution in [0.1, 0.15) is 32.1 Å². The lowest BCUT2D eigenvalue weighted by Gasteiger charge is -2.41. The highest BCUT2D eigenvalue weighted by molar-refractivity contribution is 7.46. The van der Waals surface area contributed by atoms with Gasteiger partial charge in [-0.05, 0) is 12.8 Å². The van der Waals surface area contributed by atoms with Crippen molar-refractivity contribution in [1.29, 1.82) is 0 Å². The zero-order chi connectivity index (χ0) is 8.44. The first-order valence-electron chi connectivity index (χ1n) is 4.80. The molecule has 0 aromatic heterocycles. The third-order valence-corrected chi connectivity index (χ3v) is 4.00. The maximum atomic E-state index is 5.61. The molecular weight excluding hydrogens is 171 g/mol. The number of hydrogen-bond acceptors (Lipinski definition) is 2. The molecule has 1 saturated carbocycles. The van der Waals surface area contributed by atoms with E-state index in [1.54, 1.807) is 0 Å². The fourth-order valence-electron chi connectivity index (χ4n) is 2.13. The average Bonchev–Trinajstić information content (AvgIpc) is 2.13. The highest BCUT2D eigenvalue weighted by Crippen LogP contribution is 2.48. The van der Waals surface area contributed by atoms with E-state index < -0.39 is 8.38 Å². The lowest BCUT2D eigenvalue weighted by molar-refractivity contribution is 0.00793. The quantitative estimate of drug-likeness (QED) is 0.544. The molecule has 1 aliphatic carbocycles. The van der Waals surface area contributed by atoms with Crippen molar-refractivity contribution in [1.82, 2.24) is 0 Å². The van der Waals surface area contributed by atoms with Crippen molar-refractivity contribution < 1.29 is 9.05 Å². The van der Waals surface area contributed by atoms with Gasteiger partial charge in [0, 0.05) is 12.1 Å². The second-order valence-corrected chi connectivity index (χ2v) is 5.44. The fourth-order valence-corrected chi connectivity index (χ4v) is 3.11. The molecule has 0 aromatic carbocycles. The van der Waals surface area contributed by atoms with Gasteiger partial charge < -0.3 is 9.05 Å². The molecular formula is C9H17O2P. The summed E-state index contributed by atoms with van der Waals surface area (Å²) in [7, 11) is -0.542. The zero-order valence-electron chi connectivity index (χ0n) is 7.71. The maximum absolute atomic E-state index is 5.61. The van der Waals surface area contributed by atoms with Crippen LogP contribution in [0.25, 0.3) is 0 Å². The van der Waals surface area contributed by atoms with Crippen LogP contribution in [0.5, 0.6) is 0 Å². The Bertz CT molecular complexity index is 145. The van der Waals surface area contributed by atoms with Crippen LogP contribution in [-0.2, 0) is 9.05 Å². The minimum atomic E-state index is -0.542. The monoisotopic (exact) mass is 188 g/mol. The number of hydrogen-bond donors (Lipinski definition) is 0. The summed E-state index contributed by atoms with van der Waals surface area (Å²) in [5, 5.41) is 0. The molecule has 0 bridgehead atoms. The van der Waals surface area contributed by atoms with E-state index in [-0.39, 0.29) is 0 Å². The van der Waals surface area contributed by atoms with Gasteiger partial charge in [0.2, 0.25) is 0 Å². The molecule has 0 unspecified atom stereocenters. The smallest absolute Gasteiger partial charge is 0.167 e. The minimum Gasteiger partial charge on any atom is -0.334 e. The Hall–Kier alpha value is 0.350. The Morgan fingerprint density at radius 1 is 1.00 bits per heavy atom. The van der Waals surface area contributed by atoms with Crippen LogP contribution in [0.4, 0.5) is 0 Å². The van der Waals surface area contributed by atoms with Gasteiger partial charge in [-0.3, -0.25) is 0 Å². The SMILES string of the molecule is CP1OCC2(CCCCC2)CO1. The fraction of sp³-hybridized carbons (Fsp3) is 1.00. The van der Waals surface area contributed by atoms with Gasteiger partial charge in [0.25, 0.3) is 0 Å². The minimum absolute atomic E-state index is 0.410. The van der Waals surface area contributed by atoms with Gasteiger partial charge in [0.1, 0.15) is 0 Å². The topological polar surface area (TPSA) is 18.5 Å². The molecule has 1 heterocycles. The number of rotatable bonds is 0. The van der Waals surface area contributed by atoms with Crippen LogP contribution < -0.4 is 0 Å². The van der Waals surface area contributed by atoms with E-state index in [0.717, 1.165) is 13.2 Å². The summed E-state index contributed by atoms with van der Waals surface area (Å²) >= 11 is 0. The summed E-state index contributed by atoms with van der Waals surface area (Å²) in [5.41, 5.74) is 0.410. The van der Waals surface area contributed by atoms with Gasteiger partial charge in [-0.25, -0.2) is 0 Å². The largest absolute Gasteiger partial charge is 0.334 e. The van der Waals surface area contributed by atoms with Crippen molar-refractivity contribution in [3.05, 3.63) is 0 Å². The lowest BCUT2D eigenvalue weighted by Crippen LogP contribution is -2.36. The van der Waals surface area contributed by atoms with E-state index in [9.17, 15) is 0 Å². The average molecular weight is 188 g/mol. The van der Waals surface area contributed by atoms with Gasteiger partial charge >= 0.3 is 0 Å². The van der Waals surface area contributed by atoms with E-state index >= 15 is 0 Å². The molecule has 12 heavy (non-hydrogen) atoms. The van der Waals surface area contributed by atoms with Crippen LogP contribution in [0.2, 0.25) is 0 Å². The van der Waals surface area contributed by atoms with E-state index in [0.29, 0.717) is 5.41 Å². The van der Waals surface area contributed by atoms with Gasteiger partial charge in [0.05, 0.1) is 13.2 Å². The molecule has 2 nitrogen and oxygen atoms in total. The zero-order valence-corrected chi connectivity index (χ0v) is 8.61. The first kappa shape index (κ1) is 8.93. The second kappa shape index (κ2) is 3.61. The molecule has 0 atom stereocenters. The summed E-state index contributed by atoms with van der Waals surface area (Å²) in [5.74, 6) is 0. The third-order valence-electron chi connectivity index (χ3n) is 3.02. The van der Waals surface area contributed by atoms with Crippen molar-refractivity contribution in [2.45, 2.75) is 32.1 Å². The van der Waals surface area contributed by atoms with Crippen LogP contribution >= 0.6 is 8.38 Å². The predicted molar refractivity (Wildman–Crippen MR) is 50.3 cm³/mol. The van der Waals surface area contributed by atoms with Crippen molar-refractivity contribution in [3.63, 3.8) is 0 Å². The molecule has 0 radical (unpaired) electrons. The van der Waals surface area contributed by atoms with Crippen molar-refractivity contribution in [2.75, 3.05) is 19.9 Å². The van der Waals surface area contributed by atoms with Crippen molar-refractivity contribution in [3.8, 4) is 0 Å². The Morgan fingerprint density at radius 3 is 2.17 bits per heavy atom. The Balaban J connectivity index is 1.92. The molecule has 1 spiro atoms. The van der Waals surface area contributed by atoms with E-state index in [1.165, 1.54) is 32.1 Å². The summed E-state index contributed by atoms with van der Waals surface area (Å²) in [6, 6.07) is 0. The summed E-state index contributed by atoms with van der Waals surface area (Å²) in [4.78, 5) is 0. The summed E-state index contributed by atoms with van der Waals surface area (Å²) in [6.45, 7) is 3.95. The highest BCUT2D eigenvalue weighted by atomic mass is 31.2. The van der Waals surface area contributed by atoms with Crippen molar-refractivity contribution in [2.24, 2.45) is 5.41 Å². The van der Waals surface area contributed by atoms with Gasteiger partial charge in [0.15, 0.2) is 8.38 Å². The van der Waals surface area contributed by atoms with E-state index in [1.807, 2.05) is 6.66 Å². The predicted octanol–water partition coefficient (Wildman–Crippen LogP) is 2.93. The molecule has 0 N–H and O–H groups in total. The molecule has 3 heteroatoms. The molecule has 2 aliphatic rings. The van der Waals surface area contributed by atoms with Crippen LogP contribution in [0.15, 0.2) is 0 Å². The molecule has 0 aromatic rings. The third kappa shape index (κ3) is 1.81. The molecule has 2 fully saturated rings. The van der Waals surface area contributed by atoms with Crippen LogP contribution in [0, 0.1) is 5.41 Å². The van der Waals surface area contributed by atoms with Crippen molar-refractivity contribution >= 4 is 8.38 Å². The van der Waals surface area contributed by atoms with E-state index in [4.69, 9.17) is 9.05 Å². The molecule has 1 aliphatic heterocycles.